The minimum atomic E-state index is 0.131. The fourth-order valence-electron chi connectivity index (χ4n) is 3.25. The highest BCUT2D eigenvalue weighted by Gasteiger charge is 2.29. The van der Waals surface area contributed by atoms with Crippen LogP contribution < -0.4 is 0 Å². The molecule has 6 heteroatoms. The van der Waals surface area contributed by atoms with Gasteiger partial charge in [-0.3, -0.25) is 9.69 Å². The van der Waals surface area contributed by atoms with Crippen LogP contribution in [0, 0.1) is 5.92 Å². The normalized spacial score (nSPS) is 17.7. The summed E-state index contributed by atoms with van der Waals surface area (Å²) in [6.45, 7) is 3.73. The zero-order chi connectivity index (χ0) is 16.4. The summed E-state index contributed by atoms with van der Waals surface area (Å²) in [5.41, 5.74) is 1.26. The SMILES string of the molecule is CCCCN(C)CC(=O)C1CCc2c(sc3ncnc(Cl)c23)C1. The van der Waals surface area contributed by atoms with Gasteiger partial charge < -0.3 is 0 Å². The predicted octanol–water partition coefficient (Wildman–Crippen LogP) is 3.75. The van der Waals surface area contributed by atoms with Crippen molar-refractivity contribution < 1.29 is 4.79 Å². The van der Waals surface area contributed by atoms with E-state index in [1.165, 1.54) is 16.8 Å². The van der Waals surface area contributed by atoms with Gasteiger partial charge >= 0.3 is 0 Å². The maximum atomic E-state index is 12.6. The summed E-state index contributed by atoms with van der Waals surface area (Å²) in [7, 11) is 2.04. The summed E-state index contributed by atoms with van der Waals surface area (Å²) >= 11 is 7.90. The van der Waals surface area contributed by atoms with Crippen LogP contribution in [0.2, 0.25) is 5.15 Å². The van der Waals surface area contributed by atoms with Gasteiger partial charge in [-0.25, -0.2) is 9.97 Å². The van der Waals surface area contributed by atoms with Gasteiger partial charge in [0.1, 0.15) is 22.1 Å². The molecule has 0 radical (unpaired) electrons. The van der Waals surface area contributed by atoms with Crippen molar-refractivity contribution in [2.24, 2.45) is 5.92 Å². The molecule has 2 heterocycles. The summed E-state index contributed by atoms with van der Waals surface area (Å²) in [5, 5.41) is 1.54. The van der Waals surface area contributed by atoms with Gasteiger partial charge in [-0.2, -0.15) is 0 Å². The van der Waals surface area contributed by atoms with Crippen molar-refractivity contribution in [3.8, 4) is 0 Å². The Morgan fingerprint density at radius 2 is 2.30 bits per heavy atom. The number of carbonyl (C=O) groups excluding carboxylic acids is 1. The molecule has 0 aromatic carbocycles. The molecule has 1 atom stereocenters. The Morgan fingerprint density at radius 1 is 1.48 bits per heavy atom. The number of hydrogen-bond acceptors (Lipinski definition) is 5. The quantitative estimate of drug-likeness (QED) is 0.743. The second kappa shape index (κ2) is 7.24. The molecule has 124 valence electrons. The average Bonchev–Trinajstić information content (AvgIpc) is 2.91. The summed E-state index contributed by atoms with van der Waals surface area (Å²) in [6, 6.07) is 0. The number of ketones is 1. The molecule has 1 unspecified atom stereocenters. The lowest BCUT2D eigenvalue weighted by Crippen LogP contribution is -2.33. The van der Waals surface area contributed by atoms with Gasteiger partial charge in [0.2, 0.25) is 0 Å². The molecule has 1 aliphatic carbocycles. The van der Waals surface area contributed by atoms with Gasteiger partial charge in [0, 0.05) is 10.8 Å². The molecule has 0 saturated carbocycles. The van der Waals surface area contributed by atoms with Crippen molar-refractivity contribution in [1.82, 2.24) is 14.9 Å². The number of aromatic nitrogens is 2. The van der Waals surface area contributed by atoms with Crippen LogP contribution in [0.15, 0.2) is 6.33 Å². The molecule has 0 N–H and O–H groups in total. The Bertz CT molecular complexity index is 715. The molecule has 2 aromatic heterocycles. The number of likely N-dealkylation sites (N-methyl/N-ethyl adjacent to an activating group) is 1. The number of nitrogens with zero attached hydrogens (tertiary/aromatic N) is 3. The molecule has 0 bridgehead atoms. The lowest BCUT2D eigenvalue weighted by molar-refractivity contribution is -0.124. The molecular formula is C17H22ClN3OS. The van der Waals surface area contributed by atoms with Gasteiger partial charge in [0.25, 0.3) is 0 Å². The van der Waals surface area contributed by atoms with Crippen LogP contribution in [0.3, 0.4) is 0 Å². The maximum absolute atomic E-state index is 12.6. The fraction of sp³-hybridized carbons (Fsp3) is 0.588. The summed E-state index contributed by atoms with van der Waals surface area (Å²) in [6.07, 6.45) is 6.45. The third kappa shape index (κ3) is 3.57. The number of fused-ring (bicyclic) bond motifs is 3. The van der Waals surface area contributed by atoms with Crippen molar-refractivity contribution in [1.29, 1.82) is 0 Å². The Morgan fingerprint density at radius 3 is 3.09 bits per heavy atom. The summed E-state index contributed by atoms with van der Waals surface area (Å²) < 4.78 is 0. The third-order valence-corrected chi connectivity index (χ3v) is 6.02. The van der Waals surface area contributed by atoms with E-state index in [1.807, 2.05) is 7.05 Å². The number of unbranched alkanes of at least 4 members (excludes halogenated alkanes) is 1. The monoisotopic (exact) mass is 351 g/mol. The maximum Gasteiger partial charge on any atom is 0.150 e. The minimum Gasteiger partial charge on any atom is -0.299 e. The topological polar surface area (TPSA) is 46.1 Å². The number of aryl methyl sites for hydroxylation is 1. The molecule has 0 spiro atoms. The highest BCUT2D eigenvalue weighted by atomic mass is 35.5. The average molecular weight is 352 g/mol. The van der Waals surface area contributed by atoms with Crippen molar-refractivity contribution >= 4 is 38.9 Å². The van der Waals surface area contributed by atoms with Gasteiger partial charge in [-0.05, 0) is 44.8 Å². The van der Waals surface area contributed by atoms with E-state index in [1.54, 1.807) is 11.3 Å². The first-order valence-electron chi connectivity index (χ1n) is 8.22. The van der Waals surface area contributed by atoms with Crippen molar-refractivity contribution in [3.63, 3.8) is 0 Å². The molecule has 0 aliphatic heterocycles. The molecular weight excluding hydrogens is 330 g/mol. The van der Waals surface area contributed by atoms with Crippen LogP contribution >= 0.6 is 22.9 Å². The number of thiophene rings is 1. The number of hydrogen-bond donors (Lipinski definition) is 0. The molecule has 3 rings (SSSR count). The van der Waals surface area contributed by atoms with E-state index in [0.717, 1.165) is 48.9 Å². The smallest absolute Gasteiger partial charge is 0.150 e. The number of Topliss-reactive ketones (excluding diaryl/α,β-unsaturated/α-hetero) is 1. The lowest BCUT2D eigenvalue weighted by atomic mass is 9.85. The molecule has 2 aromatic rings. The van der Waals surface area contributed by atoms with Crippen molar-refractivity contribution in [2.75, 3.05) is 20.1 Å². The van der Waals surface area contributed by atoms with Crippen molar-refractivity contribution in [3.05, 3.63) is 21.9 Å². The van der Waals surface area contributed by atoms with E-state index in [9.17, 15) is 4.79 Å². The van der Waals surface area contributed by atoms with Gasteiger partial charge in [0.05, 0.1) is 11.9 Å². The summed E-state index contributed by atoms with van der Waals surface area (Å²) in [4.78, 5) is 25.4. The molecule has 0 amide bonds. The van der Waals surface area contributed by atoms with E-state index in [2.05, 4.69) is 21.8 Å². The second-order valence-corrected chi connectivity index (χ2v) is 7.79. The number of halogens is 1. The van der Waals surface area contributed by atoms with Crippen LogP contribution in [0.5, 0.6) is 0 Å². The van der Waals surface area contributed by atoms with Gasteiger partial charge in [-0.15, -0.1) is 11.3 Å². The van der Waals surface area contributed by atoms with Gasteiger partial charge in [-0.1, -0.05) is 24.9 Å². The van der Waals surface area contributed by atoms with E-state index in [4.69, 9.17) is 11.6 Å². The fourth-order valence-corrected chi connectivity index (χ4v) is 4.82. The van der Waals surface area contributed by atoms with Crippen LogP contribution in [-0.2, 0) is 17.6 Å². The largest absolute Gasteiger partial charge is 0.299 e. The third-order valence-electron chi connectivity index (χ3n) is 4.57. The molecule has 4 nitrogen and oxygen atoms in total. The zero-order valence-corrected chi connectivity index (χ0v) is 15.2. The molecule has 1 aliphatic rings. The molecule has 23 heavy (non-hydrogen) atoms. The van der Waals surface area contributed by atoms with Crippen molar-refractivity contribution in [2.45, 2.75) is 39.0 Å². The van der Waals surface area contributed by atoms with Crippen LogP contribution in [0.25, 0.3) is 10.2 Å². The van der Waals surface area contributed by atoms with E-state index in [-0.39, 0.29) is 5.92 Å². The molecule has 0 fully saturated rings. The van der Waals surface area contributed by atoms with Crippen LogP contribution in [-0.4, -0.2) is 40.8 Å². The Labute approximate surface area is 145 Å². The van der Waals surface area contributed by atoms with Crippen LogP contribution in [0.4, 0.5) is 0 Å². The lowest BCUT2D eigenvalue weighted by Gasteiger charge is -2.24. The first kappa shape index (κ1) is 16.8. The highest BCUT2D eigenvalue weighted by Crippen LogP contribution is 2.39. The summed E-state index contributed by atoms with van der Waals surface area (Å²) in [5.74, 6) is 0.496. The first-order chi connectivity index (χ1) is 11.1. The standard InChI is InChI=1S/C17H22ClN3OS/c1-3-4-7-21(2)9-13(22)11-5-6-12-14(8-11)23-17-15(12)16(18)19-10-20-17/h10-11H,3-9H2,1-2H3. The Balaban J connectivity index is 1.72. The molecule has 0 saturated heterocycles. The minimum absolute atomic E-state index is 0.131. The van der Waals surface area contributed by atoms with E-state index in [0.29, 0.717) is 17.5 Å². The highest BCUT2D eigenvalue weighted by molar-refractivity contribution is 7.19. The Kier molecular flexibility index (Phi) is 5.29. The second-order valence-electron chi connectivity index (χ2n) is 6.35. The predicted molar refractivity (Wildman–Crippen MR) is 95.4 cm³/mol. The first-order valence-corrected chi connectivity index (χ1v) is 9.41. The van der Waals surface area contributed by atoms with Gasteiger partial charge in [0.15, 0.2) is 0 Å². The zero-order valence-electron chi connectivity index (χ0n) is 13.6. The number of carbonyl (C=O) groups is 1. The van der Waals surface area contributed by atoms with Crippen LogP contribution in [0.1, 0.15) is 36.6 Å². The Hall–Kier alpha value is -1.04. The number of rotatable bonds is 6. The van der Waals surface area contributed by atoms with E-state index >= 15 is 0 Å². The van der Waals surface area contributed by atoms with E-state index < -0.39 is 0 Å².